The Kier molecular flexibility index (Phi) is 11.6. The number of aryl methyl sites for hydroxylation is 1. The van der Waals surface area contributed by atoms with E-state index >= 15 is 0 Å². The highest BCUT2D eigenvalue weighted by atomic mass is 16.3. The monoisotopic (exact) mass is 521 g/mol. The van der Waals surface area contributed by atoms with Gasteiger partial charge in [-0.15, -0.1) is 0 Å². The molecule has 0 bridgehead atoms. The molecule has 1 aromatic rings. The van der Waals surface area contributed by atoms with Crippen LogP contribution in [0.3, 0.4) is 0 Å². The molecule has 0 aliphatic heterocycles. The fraction of sp³-hybridized carbons (Fsp3) is 0.629. The summed E-state index contributed by atoms with van der Waals surface area (Å²) < 4.78 is 0. The van der Waals surface area contributed by atoms with Gasteiger partial charge in [-0.25, -0.2) is 0 Å². The van der Waals surface area contributed by atoms with Crippen molar-refractivity contribution in [2.24, 2.45) is 17.3 Å². The molecule has 2 N–H and O–H groups in total. The number of fused-ring (bicyclic) bond motifs is 3. The summed E-state index contributed by atoms with van der Waals surface area (Å²) in [6.07, 6.45) is 9.99. The maximum Gasteiger partial charge on any atom is 0.143 e. The zero-order valence-corrected chi connectivity index (χ0v) is 25.8. The van der Waals surface area contributed by atoms with E-state index in [9.17, 15) is 9.90 Å². The number of aliphatic hydroxyl groups is 1. The van der Waals surface area contributed by atoms with Crippen molar-refractivity contribution in [3.63, 3.8) is 0 Å². The Balaban J connectivity index is 0.000000437. The van der Waals surface area contributed by atoms with Gasteiger partial charge in [-0.1, -0.05) is 76.1 Å². The molecule has 3 nitrogen and oxygen atoms in total. The van der Waals surface area contributed by atoms with Crippen molar-refractivity contribution in [1.29, 1.82) is 0 Å². The minimum absolute atomic E-state index is 0.00687. The fourth-order valence-electron chi connectivity index (χ4n) is 7.21. The van der Waals surface area contributed by atoms with Gasteiger partial charge in [0.05, 0.1) is 6.10 Å². The number of aliphatic hydroxyl groups excluding tert-OH is 1. The van der Waals surface area contributed by atoms with Crippen LogP contribution in [0, 0.1) is 24.2 Å². The van der Waals surface area contributed by atoms with E-state index in [0.717, 1.165) is 56.9 Å². The zero-order valence-electron chi connectivity index (χ0n) is 25.8. The Labute approximate surface area is 233 Å². The summed E-state index contributed by atoms with van der Waals surface area (Å²) in [6, 6.07) is 9.01. The molecule has 3 aliphatic carbocycles. The van der Waals surface area contributed by atoms with Crippen LogP contribution in [0.5, 0.6) is 0 Å². The summed E-state index contributed by atoms with van der Waals surface area (Å²) in [4.78, 5) is 11.3. The van der Waals surface area contributed by atoms with Crippen LogP contribution >= 0.6 is 0 Å². The number of carbonyl (C=O) groups excluding carboxylic acids is 1. The molecule has 5 atom stereocenters. The Morgan fingerprint density at radius 3 is 2.29 bits per heavy atom. The van der Waals surface area contributed by atoms with Crippen molar-refractivity contribution >= 4 is 6.29 Å². The topological polar surface area (TPSA) is 49.3 Å². The first kappa shape index (κ1) is 32.1. The lowest BCUT2D eigenvalue weighted by Crippen LogP contribution is -2.44. The summed E-state index contributed by atoms with van der Waals surface area (Å²) in [7, 11) is 0. The highest BCUT2D eigenvalue weighted by Crippen LogP contribution is 2.63. The molecule has 0 saturated heterocycles. The summed E-state index contributed by atoms with van der Waals surface area (Å²) in [5.41, 5.74) is 8.19. The molecule has 0 amide bonds. The summed E-state index contributed by atoms with van der Waals surface area (Å²) in [5, 5.41) is 14.1. The van der Waals surface area contributed by atoms with E-state index in [0.29, 0.717) is 17.8 Å². The SMILES string of the molecule is C=C(C)NC(C)(C)C.CC.CCCC1=C2C(c3ccc(C)cc3)CC3(C)C(O)CCC3C2CC/C1=C/C=O. The molecular formula is C35H55NO2. The Morgan fingerprint density at radius 2 is 1.79 bits per heavy atom. The summed E-state index contributed by atoms with van der Waals surface area (Å²) in [5.74, 6) is 1.48. The summed E-state index contributed by atoms with van der Waals surface area (Å²) in [6.45, 7) is 22.7. The molecule has 0 radical (unpaired) electrons. The van der Waals surface area contributed by atoms with Gasteiger partial charge in [-0.05, 0) is 113 Å². The second-order valence-corrected chi connectivity index (χ2v) is 12.7. The molecule has 2 saturated carbocycles. The molecule has 2 fully saturated rings. The Bertz CT molecular complexity index is 994. The number of carbonyl (C=O) groups is 1. The van der Waals surface area contributed by atoms with E-state index in [4.69, 9.17) is 0 Å². The molecular weight excluding hydrogens is 466 g/mol. The van der Waals surface area contributed by atoms with Crippen molar-refractivity contribution in [2.45, 2.75) is 125 Å². The van der Waals surface area contributed by atoms with E-state index in [2.05, 4.69) is 77.7 Å². The maximum atomic E-state index is 11.3. The summed E-state index contributed by atoms with van der Waals surface area (Å²) >= 11 is 0. The first-order valence-corrected chi connectivity index (χ1v) is 15.0. The second kappa shape index (κ2) is 13.8. The Hall–Kier alpha value is -2.13. The standard InChI is InChI=1S/C26H34O2.C7H15N.C2H6/c1-4-5-20-19(14-15-27)10-11-21-23-12-13-24(28)26(23,3)16-22(25(20)21)18-8-6-17(2)7-9-18;1-6(2)8-7(3,4)5;1-2/h6-9,14-15,21-24,28H,4-5,10-13,16H2,1-3H3;8H,1H2,2-5H3;1-2H3/b19-14-;;. The number of nitrogens with one attached hydrogen (secondary N) is 1. The molecule has 4 rings (SSSR count). The van der Waals surface area contributed by atoms with Gasteiger partial charge in [-0.2, -0.15) is 0 Å². The van der Waals surface area contributed by atoms with Crippen LogP contribution in [0.25, 0.3) is 0 Å². The van der Waals surface area contributed by atoms with Crippen molar-refractivity contribution < 1.29 is 9.90 Å². The van der Waals surface area contributed by atoms with Crippen LogP contribution in [-0.4, -0.2) is 23.0 Å². The largest absolute Gasteiger partial charge is 0.393 e. The first-order valence-electron chi connectivity index (χ1n) is 15.0. The highest BCUT2D eigenvalue weighted by molar-refractivity contribution is 5.69. The van der Waals surface area contributed by atoms with E-state index in [1.54, 1.807) is 5.57 Å². The number of hydrogen-bond acceptors (Lipinski definition) is 3. The average molecular weight is 522 g/mol. The minimum Gasteiger partial charge on any atom is -0.393 e. The van der Waals surface area contributed by atoms with Crippen LogP contribution in [0.2, 0.25) is 0 Å². The van der Waals surface area contributed by atoms with E-state index < -0.39 is 0 Å². The number of aldehydes is 1. The number of benzene rings is 1. The average Bonchev–Trinajstić information content (AvgIpc) is 3.15. The third-order valence-electron chi connectivity index (χ3n) is 8.56. The maximum absolute atomic E-state index is 11.3. The number of rotatable bonds is 5. The predicted octanol–water partition coefficient (Wildman–Crippen LogP) is 8.83. The van der Waals surface area contributed by atoms with E-state index in [-0.39, 0.29) is 17.1 Å². The molecule has 3 aliphatic rings. The second-order valence-electron chi connectivity index (χ2n) is 12.7. The molecule has 1 aromatic carbocycles. The van der Waals surface area contributed by atoms with Gasteiger partial charge in [0.2, 0.25) is 0 Å². The molecule has 38 heavy (non-hydrogen) atoms. The van der Waals surface area contributed by atoms with Crippen LogP contribution in [0.4, 0.5) is 0 Å². The fourth-order valence-corrected chi connectivity index (χ4v) is 7.21. The Morgan fingerprint density at radius 1 is 1.16 bits per heavy atom. The molecule has 0 heterocycles. The van der Waals surface area contributed by atoms with Gasteiger partial charge in [-0.3, -0.25) is 4.79 Å². The smallest absolute Gasteiger partial charge is 0.143 e. The normalized spacial score (nSPS) is 29.3. The first-order chi connectivity index (χ1) is 17.9. The van der Waals surface area contributed by atoms with Gasteiger partial charge in [0, 0.05) is 17.2 Å². The van der Waals surface area contributed by atoms with Gasteiger partial charge < -0.3 is 10.4 Å². The van der Waals surface area contributed by atoms with Gasteiger partial charge >= 0.3 is 0 Å². The van der Waals surface area contributed by atoms with Crippen LogP contribution < -0.4 is 5.32 Å². The third-order valence-corrected chi connectivity index (χ3v) is 8.56. The highest BCUT2D eigenvalue weighted by Gasteiger charge is 2.56. The molecule has 3 heteroatoms. The minimum atomic E-state index is -0.187. The van der Waals surface area contributed by atoms with Crippen LogP contribution in [-0.2, 0) is 4.79 Å². The molecule has 0 aromatic heterocycles. The van der Waals surface area contributed by atoms with Gasteiger partial charge in [0.15, 0.2) is 0 Å². The van der Waals surface area contributed by atoms with Gasteiger partial charge in [0.25, 0.3) is 0 Å². The van der Waals surface area contributed by atoms with Crippen molar-refractivity contribution in [2.75, 3.05) is 0 Å². The molecule has 212 valence electrons. The third kappa shape index (κ3) is 7.50. The lowest BCUT2D eigenvalue weighted by atomic mass is 9.53. The lowest BCUT2D eigenvalue weighted by molar-refractivity contribution is -0.104. The molecule has 5 unspecified atom stereocenters. The molecule has 0 spiro atoms. The zero-order chi connectivity index (χ0) is 28.7. The quantitative estimate of drug-likeness (QED) is 0.300. The van der Waals surface area contributed by atoms with Crippen LogP contribution in [0.1, 0.15) is 117 Å². The van der Waals surface area contributed by atoms with Crippen molar-refractivity contribution in [3.8, 4) is 0 Å². The van der Waals surface area contributed by atoms with E-state index in [1.807, 2.05) is 26.8 Å². The van der Waals surface area contributed by atoms with Crippen molar-refractivity contribution in [3.05, 3.63) is 70.5 Å². The van der Waals surface area contributed by atoms with E-state index in [1.165, 1.54) is 22.3 Å². The number of hydrogen-bond donors (Lipinski definition) is 2. The lowest BCUT2D eigenvalue weighted by Gasteiger charge is -2.51. The van der Waals surface area contributed by atoms with Gasteiger partial charge in [0.1, 0.15) is 6.29 Å². The number of allylic oxidation sites excluding steroid dienone is 5. The predicted molar refractivity (Wildman–Crippen MR) is 163 cm³/mol. The van der Waals surface area contributed by atoms with Crippen LogP contribution in [0.15, 0.2) is 59.3 Å². The van der Waals surface area contributed by atoms with Crippen molar-refractivity contribution in [1.82, 2.24) is 5.32 Å².